The highest BCUT2D eigenvalue weighted by Gasteiger charge is 2.29. The minimum atomic E-state index is -0.789. The van der Waals surface area contributed by atoms with Crippen molar-refractivity contribution >= 4 is 11.8 Å². The Kier molecular flexibility index (Phi) is 8.12. The van der Waals surface area contributed by atoms with Crippen LogP contribution in [0.25, 0.3) is 11.4 Å². The molecule has 1 aromatic heterocycles. The van der Waals surface area contributed by atoms with Crippen molar-refractivity contribution < 1.29 is 18.5 Å². The Morgan fingerprint density at radius 2 is 1.76 bits per heavy atom. The molecule has 1 aliphatic carbocycles. The van der Waals surface area contributed by atoms with E-state index < -0.39 is 6.04 Å². The second kappa shape index (κ2) is 11.9. The second-order valence-corrected chi connectivity index (χ2v) is 10.3. The maximum Gasteiger partial charge on any atom is 0.245 e. The molecule has 2 heterocycles. The van der Waals surface area contributed by atoms with Crippen molar-refractivity contribution in [1.29, 1.82) is 0 Å². The molecule has 1 saturated carbocycles. The Balaban J connectivity index is 1.14. The van der Waals surface area contributed by atoms with E-state index in [0.29, 0.717) is 30.4 Å². The molecule has 0 radical (unpaired) electrons. The Bertz CT molecular complexity index is 1250. The second-order valence-electron chi connectivity index (χ2n) is 10.3. The maximum atomic E-state index is 14.2. The van der Waals surface area contributed by atoms with Crippen LogP contribution in [0.1, 0.15) is 55.5 Å². The molecule has 1 N–H and O–H groups in total. The molecule has 0 unspecified atom stereocenters. The summed E-state index contributed by atoms with van der Waals surface area (Å²) in [6, 6.07) is 13.8. The lowest BCUT2D eigenvalue weighted by molar-refractivity contribution is -0.137. The van der Waals surface area contributed by atoms with E-state index in [0.717, 1.165) is 43.9 Å². The molecule has 8 nitrogen and oxygen atoms in total. The smallest absolute Gasteiger partial charge is 0.245 e. The third kappa shape index (κ3) is 6.27. The zero-order chi connectivity index (χ0) is 26.5. The molecule has 0 spiro atoms. The summed E-state index contributed by atoms with van der Waals surface area (Å²) >= 11 is 0. The van der Waals surface area contributed by atoms with E-state index in [-0.39, 0.29) is 24.1 Å². The summed E-state index contributed by atoms with van der Waals surface area (Å²) in [6.45, 7) is 4.68. The fourth-order valence-corrected chi connectivity index (χ4v) is 5.38. The Labute approximate surface area is 222 Å². The lowest BCUT2D eigenvalue weighted by atomic mass is 10.0. The minimum absolute atomic E-state index is 0.125. The van der Waals surface area contributed by atoms with Gasteiger partial charge in [-0.1, -0.05) is 60.5 Å². The van der Waals surface area contributed by atoms with Crippen LogP contribution in [-0.4, -0.2) is 64.0 Å². The van der Waals surface area contributed by atoms with Gasteiger partial charge in [0.05, 0.1) is 0 Å². The van der Waals surface area contributed by atoms with Gasteiger partial charge in [0, 0.05) is 57.5 Å². The molecule has 1 atom stereocenters. The van der Waals surface area contributed by atoms with E-state index in [9.17, 15) is 14.0 Å². The first kappa shape index (κ1) is 26.0. The van der Waals surface area contributed by atoms with E-state index in [1.54, 1.807) is 23.1 Å². The highest BCUT2D eigenvalue weighted by molar-refractivity contribution is 5.87. The van der Waals surface area contributed by atoms with Crippen molar-refractivity contribution in [3.8, 4) is 11.4 Å². The van der Waals surface area contributed by atoms with Crippen LogP contribution in [0.5, 0.6) is 0 Å². The molecular weight excluding hydrogens is 485 g/mol. The number of nitrogens with one attached hydrogen (secondary N) is 1. The molecule has 1 aliphatic heterocycles. The number of aromatic nitrogens is 2. The standard InChI is InChI=1S/C29H34FN5O3/c1-20(36)31-26(18-24-8-4-5-9-25(24)30)29(37)35-16-14-34(15-17-35)19-21-10-12-22(13-11-21)27-32-28(38-33-27)23-6-2-3-7-23/h4-5,8-13,23,26H,2-3,6-7,14-19H2,1H3,(H,31,36)/t26-/m0/s1. The van der Waals surface area contributed by atoms with E-state index in [2.05, 4.69) is 32.5 Å². The molecule has 3 aromatic rings. The van der Waals surface area contributed by atoms with E-state index in [4.69, 9.17) is 4.52 Å². The minimum Gasteiger partial charge on any atom is -0.344 e. The molecule has 2 aliphatic rings. The van der Waals surface area contributed by atoms with Gasteiger partial charge in [-0.3, -0.25) is 14.5 Å². The van der Waals surface area contributed by atoms with Crippen molar-refractivity contribution in [1.82, 2.24) is 25.3 Å². The summed E-state index contributed by atoms with van der Waals surface area (Å²) in [5.74, 6) is 0.925. The fourth-order valence-electron chi connectivity index (χ4n) is 5.38. The van der Waals surface area contributed by atoms with Crippen LogP contribution in [-0.2, 0) is 22.6 Å². The topological polar surface area (TPSA) is 91.6 Å². The zero-order valence-electron chi connectivity index (χ0n) is 21.7. The Morgan fingerprint density at radius 1 is 1.05 bits per heavy atom. The lowest BCUT2D eigenvalue weighted by Gasteiger charge is -2.36. The third-order valence-corrected chi connectivity index (χ3v) is 7.51. The lowest BCUT2D eigenvalue weighted by Crippen LogP contribution is -2.55. The normalized spacial score (nSPS) is 17.5. The average Bonchev–Trinajstić information content (AvgIpc) is 3.63. The number of benzene rings is 2. The molecule has 2 fully saturated rings. The summed E-state index contributed by atoms with van der Waals surface area (Å²) in [5.41, 5.74) is 2.53. The number of nitrogens with zero attached hydrogens (tertiary/aromatic N) is 4. The number of rotatable bonds is 8. The first-order chi connectivity index (χ1) is 18.5. The van der Waals surface area contributed by atoms with Gasteiger partial charge in [-0.25, -0.2) is 4.39 Å². The van der Waals surface area contributed by atoms with Crippen LogP contribution in [0.15, 0.2) is 53.1 Å². The van der Waals surface area contributed by atoms with Crippen LogP contribution in [0.4, 0.5) is 4.39 Å². The van der Waals surface area contributed by atoms with Crippen molar-refractivity contribution in [2.45, 2.75) is 57.5 Å². The molecule has 2 aromatic carbocycles. The highest BCUT2D eigenvalue weighted by atomic mass is 19.1. The number of halogens is 1. The SMILES string of the molecule is CC(=O)N[C@@H](Cc1ccccc1F)C(=O)N1CCN(Cc2ccc(-c3noc(C4CCCC4)n3)cc2)CC1. The first-order valence-electron chi connectivity index (χ1n) is 13.4. The van der Waals surface area contributed by atoms with Gasteiger partial charge in [-0.05, 0) is 30.0 Å². The average molecular weight is 520 g/mol. The third-order valence-electron chi connectivity index (χ3n) is 7.51. The van der Waals surface area contributed by atoms with Gasteiger partial charge in [0.2, 0.25) is 23.5 Å². The maximum absolute atomic E-state index is 14.2. The van der Waals surface area contributed by atoms with Crippen LogP contribution < -0.4 is 5.32 Å². The summed E-state index contributed by atoms with van der Waals surface area (Å²) in [7, 11) is 0. The molecule has 9 heteroatoms. The molecular formula is C29H34FN5O3. The molecule has 38 heavy (non-hydrogen) atoms. The summed E-state index contributed by atoms with van der Waals surface area (Å²) in [6.07, 6.45) is 4.82. The molecule has 2 amide bonds. The van der Waals surface area contributed by atoms with Crippen molar-refractivity contribution in [3.05, 3.63) is 71.4 Å². The van der Waals surface area contributed by atoms with E-state index in [1.165, 1.54) is 31.4 Å². The van der Waals surface area contributed by atoms with Gasteiger partial charge in [-0.15, -0.1) is 0 Å². The fraction of sp³-hybridized carbons (Fsp3) is 0.448. The van der Waals surface area contributed by atoms with E-state index in [1.807, 2.05) is 12.1 Å². The van der Waals surface area contributed by atoms with Gasteiger partial charge in [0.1, 0.15) is 11.9 Å². The highest BCUT2D eigenvalue weighted by Crippen LogP contribution is 2.33. The molecule has 1 saturated heterocycles. The first-order valence-corrected chi connectivity index (χ1v) is 13.4. The van der Waals surface area contributed by atoms with Crippen molar-refractivity contribution in [3.63, 3.8) is 0 Å². The van der Waals surface area contributed by atoms with Crippen LogP contribution in [0.3, 0.4) is 0 Å². The van der Waals surface area contributed by atoms with Gasteiger partial charge in [0.15, 0.2) is 0 Å². The summed E-state index contributed by atoms with van der Waals surface area (Å²) in [5, 5.41) is 6.90. The number of hydrogen-bond donors (Lipinski definition) is 1. The number of carbonyl (C=O) groups is 2. The van der Waals surface area contributed by atoms with Gasteiger partial charge < -0.3 is 14.7 Å². The molecule has 5 rings (SSSR count). The quantitative estimate of drug-likeness (QED) is 0.485. The Hall–Kier alpha value is -3.59. The molecule has 0 bridgehead atoms. The molecule has 200 valence electrons. The van der Waals surface area contributed by atoms with Gasteiger partial charge in [-0.2, -0.15) is 4.98 Å². The van der Waals surface area contributed by atoms with Crippen LogP contribution in [0, 0.1) is 5.82 Å². The largest absolute Gasteiger partial charge is 0.344 e. The Morgan fingerprint density at radius 3 is 2.45 bits per heavy atom. The van der Waals surface area contributed by atoms with Crippen LogP contribution in [0.2, 0.25) is 0 Å². The summed E-state index contributed by atoms with van der Waals surface area (Å²) < 4.78 is 19.7. The number of amides is 2. The number of piperazine rings is 1. The zero-order valence-corrected chi connectivity index (χ0v) is 21.7. The van der Waals surface area contributed by atoms with Gasteiger partial charge in [0.25, 0.3) is 0 Å². The monoisotopic (exact) mass is 519 g/mol. The van der Waals surface area contributed by atoms with Gasteiger partial charge >= 0.3 is 0 Å². The predicted molar refractivity (Wildman–Crippen MR) is 141 cm³/mol. The summed E-state index contributed by atoms with van der Waals surface area (Å²) in [4.78, 5) is 33.7. The predicted octanol–water partition coefficient (Wildman–Crippen LogP) is 3.92. The van der Waals surface area contributed by atoms with Crippen LogP contribution >= 0.6 is 0 Å². The number of hydrogen-bond acceptors (Lipinski definition) is 6. The van der Waals surface area contributed by atoms with Crippen molar-refractivity contribution in [2.75, 3.05) is 26.2 Å². The van der Waals surface area contributed by atoms with Crippen molar-refractivity contribution in [2.24, 2.45) is 0 Å². The van der Waals surface area contributed by atoms with E-state index >= 15 is 0 Å². The number of carbonyl (C=O) groups excluding carboxylic acids is 2.